The lowest BCUT2D eigenvalue weighted by Crippen LogP contribution is -2.64. The standard InChI is InChI=1S/C18H22O11S/c1-8(20)26-15-14(13(25)12(24)6-5-7-19)29-18(30-11(4)23)17(28-10(3)22)16(15)27-9(2)21/h5,13-18,25H,6H2,1-4H3/t13?,14-,15+,16+,17-,18-/m1/s1. The van der Waals surface area contributed by atoms with Crippen LogP contribution in [-0.4, -0.2) is 75.8 Å². The number of hydrogen-bond acceptors (Lipinski definition) is 12. The third-order valence-electron chi connectivity index (χ3n) is 3.75. The molecule has 0 saturated carbocycles. The molecular weight excluding hydrogens is 424 g/mol. The van der Waals surface area contributed by atoms with Crippen molar-refractivity contribution in [1.29, 1.82) is 0 Å². The first-order valence-corrected chi connectivity index (χ1v) is 9.60. The second kappa shape index (κ2) is 11.6. The molecular formula is C18H22O11S. The largest absolute Gasteiger partial charge is 0.456 e. The zero-order valence-electron chi connectivity index (χ0n) is 16.7. The normalized spacial score (nSPS) is 26.5. The van der Waals surface area contributed by atoms with Gasteiger partial charge in [-0.15, -0.1) is 0 Å². The molecule has 1 fully saturated rings. The van der Waals surface area contributed by atoms with Crippen molar-refractivity contribution in [3.63, 3.8) is 0 Å². The highest BCUT2D eigenvalue weighted by Gasteiger charge is 2.55. The van der Waals surface area contributed by atoms with Gasteiger partial charge in [0.05, 0.1) is 0 Å². The summed E-state index contributed by atoms with van der Waals surface area (Å²) < 4.78 is 21.1. The van der Waals surface area contributed by atoms with Gasteiger partial charge in [0.15, 0.2) is 34.6 Å². The number of Topliss-reactive ketones (excluding diaryl/α,β-unsaturated/α-hetero) is 1. The summed E-state index contributed by atoms with van der Waals surface area (Å²) >= 11 is 0.565. The van der Waals surface area contributed by atoms with Crippen LogP contribution in [0.1, 0.15) is 34.1 Å². The molecule has 0 radical (unpaired) electrons. The van der Waals surface area contributed by atoms with Crippen molar-refractivity contribution in [3.8, 4) is 0 Å². The second-order valence-corrected chi connectivity index (χ2v) is 7.51. The Labute approximate surface area is 176 Å². The van der Waals surface area contributed by atoms with E-state index in [1.54, 1.807) is 0 Å². The van der Waals surface area contributed by atoms with Crippen LogP contribution in [0.15, 0.2) is 6.08 Å². The minimum absolute atomic E-state index is 0.465. The van der Waals surface area contributed by atoms with E-state index >= 15 is 0 Å². The van der Waals surface area contributed by atoms with Crippen molar-refractivity contribution in [2.24, 2.45) is 0 Å². The minimum Gasteiger partial charge on any atom is -0.456 e. The molecule has 0 bridgehead atoms. The number of carbonyl (C=O) groups is 5. The van der Waals surface area contributed by atoms with E-state index in [9.17, 15) is 33.9 Å². The molecule has 12 heteroatoms. The van der Waals surface area contributed by atoms with Gasteiger partial charge in [-0.05, 0) is 0 Å². The summed E-state index contributed by atoms with van der Waals surface area (Å²) in [5, 5.41) is 10.0. The summed E-state index contributed by atoms with van der Waals surface area (Å²) in [5.74, 6) is -1.99. The molecule has 1 unspecified atom stereocenters. The van der Waals surface area contributed by atoms with E-state index in [2.05, 4.69) is 0 Å². The van der Waals surface area contributed by atoms with E-state index in [0.717, 1.165) is 26.8 Å². The number of thioether (sulfide) groups is 1. The molecule has 1 heterocycles. The zero-order chi connectivity index (χ0) is 23.0. The fraction of sp³-hybridized carbons (Fsp3) is 0.611. The van der Waals surface area contributed by atoms with Crippen molar-refractivity contribution < 1.29 is 52.8 Å². The van der Waals surface area contributed by atoms with E-state index in [1.165, 1.54) is 12.9 Å². The number of carbonyl (C=O) groups excluding carboxylic acids is 6. The molecule has 1 aliphatic heterocycles. The number of esters is 3. The monoisotopic (exact) mass is 446 g/mol. The van der Waals surface area contributed by atoms with Gasteiger partial charge in [-0.2, -0.15) is 0 Å². The number of ketones is 1. The van der Waals surface area contributed by atoms with Crippen LogP contribution in [0.3, 0.4) is 0 Å². The summed E-state index contributed by atoms with van der Waals surface area (Å²) in [5.41, 5.74) is -1.29. The lowest BCUT2D eigenvalue weighted by molar-refractivity contribution is -0.243. The number of allylic oxidation sites excluding steroid dienone is 1. The van der Waals surface area contributed by atoms with Crippen molar-refractivity contribution in [2.45, 2.75) is 70.1 Å². The van der Waals surface area contributed by atoms with Gasteiger partial charge >= 0.3 is 17.9 Å². The van der Waals surface area contributed by atoms with Crippen molar-refractivity contribution in [2.75, 3.05) is 0 Å². The van der Waals surface area contributed by atoms with Crippen LogP contribution in [0.4, 0.5) is 0 Å². The Morgan fingerprint density at radius 3 is 1.93 bits per heavy atom. The van der Waals surface area contributed by atoms with Gasteiger partial charge in [0.1, 0.15) is 18.1 Å². The average Bonchev–Trinajstić information content (AvgIpc) is 2.62. The van der Waals surface area contributed by atoms with E-state index < -0.39 is 71.2 Å². The summed E-state index contributed by atoms with van der Waals surface area (Å²) in [6.45, 7) is 4.34. The molecule has 0 aromatic rings. The highest BCUT2D eigenvalue weighted by atomic mass is 32.2. The number of ether oxygens (including phenoxy) is 4. The van der Waals surface area contributed by atoms with Crippen LogP contribution in [-0.2, 0) is 47.7 Å². The molecule has 6 atom stereocenters. The fourth-order valence-electron chi connectivity index (χ4n) is 2.76. The Kier molecular flexibility index (Phi) is 9.86. The van der Waals surface area contributed by atoms with Crippen molar-refractivity contribution in [3.05, 3.63) is 6.08 Å². The van der Waals surface area contributed by atoms with Gasteiger partial charge in [-0.1, -0.05) is 11.8 Å². The number of rotatable bonds is 8. The van der Waals surface area contributed by atoms with Gasteiger partial charge in [0.25, 0.3) is 0 Å². The summed E-state index contributed by atoms with van der Waals surface area (Å²) in [7, 11) is 0. The Balaban J connectivity index is 3.45. The fourth-order valence-corrected chi connectivity index (χ4v) is 3.62. The number of hydrogen-bond donors (Lipinski definition) is 1. The van der Waals surface area contributed by atoms with Crippen LogP contribution in [0, 0.1) is 0 Å². The molecule has 30 heavy (non-hydrogen) atoms. The average molecular weight is 446 g/mol. The molecule has 0 aliphatic carbocycles. The van der Waals surface area contributed by atoms with E-state index in [4.69, 9.17) is 18.9 Å². The summed E-state index contributed by atoms with van der Waals surface area (Å²) in [6, 6.07) is 0. The first-order chi connectivity index (χ1) is 14.0. The summed E-state index contributed by atoms with van der Waals surface area (Å²) in [4.78, 5) is 69.1. The number of aliphatic hydroxyl groups excluding tert-OH is 1. The lowest BCUT2D eigenvalue weighted by atomic mass is 9.92. The molecule has 1 N–H and O–H groups in total. The van der Waals surface area contributed by atoms with Crippen molar-refractivity contribution in [1.82, 2.24) is 0 Å². The van der Waals surface area contributed by atoms with E-state index in [1.807, 2.05) is 0 Å². The Morgan fingerprint density at radius 2 is 1.47 bits per heavy atom. The Morgan fingerprint density at radius 1 is 0.967 bits per heavy atom. The van der Waals surface area contributed by atoms with Crippen molar-refractivity contribution >= 4 is 46.5 Å². The highest BCUT2D eigenvalue weighted by Crippen LogP contribution is 2.35. The third-order valence-corrected chi connectivity index (χ3v) is 4.69. The first kappa shape index (κ1) is 25.5. The Bertz CT molecular complexity index is 742. The van der Waals surface area contributed by atoms with Crippen LogP contribution in [0.2, 0.25) is 0 Å². The molecule has 1 saturated heterocycles. The van der Waals surface area contributed by atoms with Gasteiger partial charge in [0.2, 0.25) is 0 Å². The lowest BCUT2D eigenvalue weighted by Gasteiger charge is -2.45. The number of aliphatic hydroxyl groups is 1. The van der Waals surface area contributed by atoms with Crippen LogP contribution in [0.5, 0.6) is 0 Å². The predicted molar refractivity (Wildman–Crippen MR) is 99.5 cm³/mol. The predicted octanol–water partition coefficient (Wildman–Crippen LogP) is -0.506. The van der Waals surface area contributed by atoms with Gasteiger partial charge in [0, 0.05) is 40.2 Å². The molecule has 0 spiro atoms. The van der Waals surface area contributed by atoms with Gasteiger partial charge < -0.3 is 24.1 Å². The summed E-state index contributed by atoms with van der Waals surface area (Å²) in [6.07, 6.45) is -7.61. The highest BCUT2D eigenvalue weighted by molar-refractivity contribution is 8.14. The quantitative estimate of drug-likeness (QED) is 0.289. The van der Waals surface area contributed by atoms with Crippen LogP contribution in [0.25, 0.3) is 0 Å². The molecule has 1 aliphatic rings. The van der Waals surface area contributed by atoms with E-state index in [0.29, 0.717) is 11.8 Å². The molecule has 11 nitrogen and oxygen atoms in total. The van der Waals surface area contributed by atoms with Gasteiger partial charge in [-0.3, -0.25) is 24.0 Å². The minimum atomic E-state index is -1.93. The van der Waals surface area contributed by atoms with Gasteiger partial charge in [-0.25, -0.2) is 4.79 Å². The van der Waals surface area contributed by atoms with Crippen LogP contribution < -0.4 is 0 Å². The maximum absolute atomic E-state index is 12.2. The smallest absolute Gasteiger partial charge is 0.303 e. The molecule has 1 rings (SSSR count). The molecule has 0 aromatic carbocycles. The molecule has 0 amide bonds. The topological polar surface area (TPSA) is 160 Å². The molecule has 166 valence electrons. The maximum atomic E-state index is 12.2. The first-order valence-electron chi connectivity index (χ1n) is 8.72. The van der Waals surface area contributed by atoms with Crippen LogP contribution >= 0.6 is 11.8 Å². The van der Waals surface area contributed by atoms with E-state index in [-0.39, 0.29) is 0 Å². The third kappa shape index (κ3) is 7.38. The Hall–Kier alpha value is -2.53. The second-order valence-electron chi connectivity index (χ2n) is 6.24. The SMILES string of the molecule is CC(=O)O[C@@H]1[C@@H](OC(C)=O)[C@@H](SC(C)=O)O[C@H](C(O)C(=O)CC=C=O)[C@@H]1OC(C)=O. The zero-order valence-corrected chi connectivity index (χ0v) is 17.5. The maximum Gasteiger partial charge on any atom is 0.303 e. The molecule has 0 aromatic heterocycles.